The molecule has 3 rings (SSSR count). The van der Waals surface area contributed by atoms with Crippen LogP contribution in [0, 0.1) is 13.8 Å². The Hall–Kier alpha value is -1.80. The molecule has 1 N–H and O–H groups in total. The summed E-state index contributed by atoms with van der Waals surface area (Å²) in [6.07, 6.45) is 1.25. The van der Waals surface area contributed by atoms with Crippen LogP contribution in [0.2, 0.25) is 0 Å². The van der Waals surface area contributed by atoms with Crippen molar-refractivity contribution in [2.75, 3.05) is 6.54 Å². The van der Waals surface area contributed by atoms with Gasteiger partial charge in [-0.1, -0.05) is 42.0 Å². The molecule has 0 spiro atoms. The van der Waals surface area contributed by atoms with Crippen molar-refractivity contribution in [1.29, 1.82) is 0 Å². The Morgan fingerprint density at radius 3 is 2.81 bits per heavy atom. The van der Waals surface area contributed by atoms with Gasteiger partial charge in [0.2, 0.25) is 0 Å². The summed E-state index contributed by atoms with van der Waals surface area (Å²) in [5, 5.41) is 3.62. The predicted octanol–water partition coefficient (Wildman–Crippen LogP) is 3.96. The molecule has 0 saturated carbocycles. The number of para-hydroxylation sites is 1. The zero-order chi connectivity index (χ0) is 14.8. The Labute approximate surface area is 127 Å². The van der Waals surface area contributed by atoms with Crippen LogP contribution in [-0.2, 0) is 6.42 Å². The lowest BCUT2D eigenvalue weighted by molar-refractivity contribution is 0.222. The second-order valence-corrected chi connectivity index (χ2v) is 6.04. The summed E-state index contributed by atoms with van der Waals surface area (Å²) in [6, 6.07) is 15.3. The van der Waals surface area contributed by atoms with Gasteiger partial charge in [0, 0.05) is 19.0 Å². The van der Waals surface area contributed by atoms with E-state index in [1.807, 2.05) is 6.07 Å². The first-order valence-corrected chi connectivity index (χ1v) is 7.68. The van der Waals surface area contributed by atoms with Crippen molar-refractivity contribution < 1.29 is 4.74 Å². The van der Waals surface area contributed by atoms with E-state index in [9.17, 15) is 0 Å². The number of hydrogen-bond donors (Lipinski definition) is 1. The molecule has 1 aliphatic heterocycles. The van der Waals surface area contributed by atoms with Crippen LogP contribution in [0.25, 0.3) is 0 Å². The first-order valence-electron chi connectivity index (χ1n) is 7.68. The van der Waals surface area contributed by atoms with Crippen molar-refractivity contribution in [3.63, 3.8) is 0 Å². The van der Waals surface area contributed by atoms with Gasteiger partial charge in [-0.25, -0.2) is 0 Å². The van der Waals surface area contributed by atoms with Gasteiger partial charge in [-0.3, -0.25) is 0 Å². The van der Waals surface area contributed by atoms with Gasteiger partial charge in [0.05, 0.1) is 0 Å². The van der Waals surface area contributed by atoms with Crippen LogP contribution in [-0.4, -0.2) is 12.6 Å². The Morgan fingerprint density at radius 2 is 2.00 bits per heavy atom. The van der Waals surface area contributed by atoms with Gasteiger partial charge in [0.1, 0.15) is 11.9 Å². The molecular formula is C19H23NO. The Balaban J connectivity index is 1.60. The third-order valence-corrected chi connectivity index (χ3v) is 4.27. The number of rotatable bonds is 4. The van der Waals surface area contributed by atoms with E-state index in [4.69, 9.17) is 4.74 Å². The van der Waals surface area contributed by atoms with Crippen LogP contribution in [0.1, 0.15) is 35.2 Å². The molecule has 21 heavy (non-hydrogen) atoms. The molecular weight excluding hydrogens is 258 g/mol. The molecule has 2 aromatic carbocycles. The largest absolute Gasteiger partial charge is 0.488 e. The van der Waals surface area contributed by atoms with E-state index in [1.165, 1.54) is 22.3 Å². The number of benzene rings is 2. The van der Waals surface area contributed by atoms with Gasteiger partial charge in [-0.2, -0.15) is 0 Å². The van der Waals surface area contributed by atoms with Crippen LogP contribution in [0.4, 0.5) is 0 Å². The van der Waals surface area contributed by atoms with E-state index in [2.05, 4.69) is 62.5 Å². The highest BCUT2D eigenvalue weighted by Crippen LogP contribution is 2.28. The SMILES string of the molecule is Cc1ccc(C)c(C(C)NCC2Cc3ccccc3O2)c1. The second kappa shape index (κ2) is 5.90. The normalized spacial score (nSPS) is 18.1. The first kappa shape index (κ1) is 14.2. The fraction of sp³-hybridized carbons (Fsp3) is 0.368. The molecule has 2 heteroatoms. The summed E-state index contributed by atoms with van der Waals surface area (Å²) < 4.78 is 5.98. The first-order chi connectivity index (χ1) is 10.1. The fourth-order valence-electron chi connectivity index (χ4n) is 3.01. The Bertz CT molecular complexity index is 610. The van der Waals surface area contributed by atoms with Gasteiger partial charge < -0.3 is 10.1 Å². The van der Waals surface area contributed by atoms with Gasteiger partial charge in [0.25, 0.3) is 0 Å². The summed E-state index contributed by atoms with van der Waals surface area (Å²) >= 11 is 0. The molecule has 1 aliphatic rings. The average Bonchev–Trinajstić information content (AvgIpc) is 2.90. The Kier molecular flexibility index (Phi) is 3.98. The van der Waals surface area contributed by atoms with Crippen molar-refractivity contribution in [2.45, 2.75) is 39.3 Å². The van der Waals surface area contributed by atoms with Crippen molar-refractivity contribution in [1.82, 2.24) is 5.32 Å². The quantitative estimate of drug-likeness (QED) is 0.916. The number of nitrogens with one attached hydrogen (secondary N) is 1. The van der Waals surface area contributed by atoms with Crippen LogP contribution < -0.4 is 10.1 Å². The van der Waals surface area contributed by atoms with Crippen molar-refractivity contribution in [3.05, 3.63) is 64.7 Å². The highest BCUT2D eigenvalue weighted by Gasteiger charge is 2.22. The summed E-state index contributed by atoms with van der Waals surface area (Å²) in [7, 11) is 0. The topological polar surface area (TPSA) is 21.3 Å². The number of ether oxygens (including phenoxy) is 1. The van der Waals surface area contributed by atoms with Gasteiger partial charge in [0.15, 0.2) is 0 Å². The average molecular weight is 281 g/mol. The molecule has 0 radical (unpaired) electrons. The standard InChI is InChI=1S/C19H23NO/c1-13-8-9-14(2)18(10-13)15(3)20-12-17-11-16-6-4-5-7-19(16)21-17/h4-10,15,17,20H,11-12H2,1-3H3. The lowest BCUT2D eigenvalue weighted by Crippen LogP contribution is -2.32. The fourth-order valence-corrected chi connectivity index (χ4v) is 3.01. The minimum atomic E-state index is 0.245. The molecule has 110 valence electrons. The smallest absolute Gasteiger partial charge is 0.123 e. The molecule has 0 fully saturated rings. The number of aryl methyl sites for hydroxylation is 2. The maximum Gasteiger partial charge on any atom is 0.123 e. The van der Waals surface area contributed by atoms with E-state index in [-0.39, 0.29) is 6.10 Å². The highest BCUT2D eigenvalue weighted by molar-refractivity contribution is 5.37. The summed E-state index contributed by atoms with van der Waals surface area (Å²) in [4.78, 5) is 0. The van der Waals surface area contributed by atoms with Crippen molar-refractivity contribution >= 4 is 0 Å². The second-order valence-electron chi connectivity index (χ2n) is 6.04. The van der Waals surface area contributed by atoms with E-state index < -0.39 is 0 Å². The van der Waals surface area contributed by atoms with Crippen LogP contribution in [0.15, 0.2) is 42.5 Å². The molecule has 0 amide bonds. The number of fused-ring (bicyclic) bond motifs is 1. The van der Waals surface area contributed by atoms with Gasteiger partial charge in [-0.05, 0) is 43.5 Å². The summed E-state index contributed by atoms with van der Waals surface area (Å²) in [5.74, 6) is 1.05. The lowest BCUT2D eigenvalue weighted by Gasteiger charge is -2.19. The van der Waals surface area contributed by atoms with Gasteiger partial charge in [-0.15, -0.1) is 0 Å². The molecule has 0 aliphatic carbocycles. The van der Waals surface area contributed by atoms with Crippen LogP contribution in [0.5, 0.6) is 5.75 Å². The number of hydrogen-bond acceptors (Lipinski definition) is 2. The molecule has 2 atom stereocenters. The van der Waals surface area contributed by atoms with E-state index >= 15 is 0 Å². The minimum Gasteiger partial charge on any atom is -0.488 e. The summed E-state index contributed by atoms with van der Waals surface area (Å²) in [5.41, 5.74) is 5.36. The predicted molar refractivity (Wildman–Crippen MR) is 86.9 cm³/mol. The molecule has 2 nitrogen and oxygen atoms in total. The van der Waals surface area contributed by atoms with E-state index in [1.54, 1.807) is 0 Å². The molecule has 0 saturated heterocycles. The lowest BCUT2D eigenvalue weighted by atomic mass is 10.00. The minimum absolute atomic E-state index is 0.245. The third-order valence-electron chi connectivity index (χ3n) is 4.27. The molecule has 2 unspecified atom stereocenters. The highest BCUT2D eigenvalue weighted by atomic mass is 16.5. The van der Waals surface area contributed by atoms with Crippen LogP contribution in [0.3, 0.4) is 0 Å². The molecule has 2 aromatic rings. The molecule has 0 aromatic heterocycles. The van der Waals surface area contributed by atoms with Crippen molar-refractivity contribution in [2.24, 2.45) is 0 Å². The monoisotopic (exact) mass is 281 g/mol. The Morgan fingerprint density at radius 1 is 1.19 bits per heavy atom. The third kappa shape index (κ3) is 3.11. The summed E-state index contributed by atoms with van der Waals surface area (Å²) in [6.45, 7) is 7.42. The molecule has 1 heterocycles. The van der Waals surface area contributed by atoms with Crippen LogP contribution >= 0.6 is 0 Å². The van der Waals surface area contributed by atoms with E-state index in [0.717, 1.165) is 18.7 Å². The van der Waals surface area contributed by atoms with Crippen molar-refractivity contribution in [3.8, 4) is 5.75 Å². The maximum absolute atomic E-state index is 5.98. The van der Waals surface area contributed by atoms with Gasteiger partial charge >= 0.3 is 0 Å². The maximum atomic E-state index is 5.98. The van der Waals surface area contributed by atoms with E-state index in [0.29, 0.717) is 6.04 Å². The zero-order valence-corrected chi connectivity index (χ0v) is 13.0. The molecule has 0 bridgehead atoms. The zero-order valence-electron chi connectivity index (χ0n) is 13.0.